The van der Waals surface area contributed by atoms with Gasteiger partial charge in [0.25, 0.3) is 0 Å². The van der Waals surface area contributed by atoms with Gasteiger partial charge < -0.3 is 15.2 Å². The molecule has 2 heterocycles. The van der Waals surface area contributed by atoms with Crippen molar-refractivity contribution in [2.24, 2.45) is 0 Å². The third kappa shape index (κ3) is 4.18. The van der Waals surface area contributed by atoms with Crippen molar-refractivity contribution in [3.63, 3.8) is 0 Å². The van der Waals surface area contributed by atoms with Gasteiger partial charge in [-0.05, 0) is 18.2 Å². The van der Waals surface area contributed by atoms with Crippen LogP contribution in [0.25, 0.3) is 5.69 Å². The van der Waals surface area contributed by atoms with Gasteiger partial charge >= 0.3 is 5.97 Å². The number of nitrogens with one attached hydrogen (secondary N) is 1. The molecular formula is C20H20F2N4O3. The van der Waals surface area contributed by atoms with Gasteiger partial charge in [-0.1, -0.05) is 20.8 Å². The van der Waals surface area contributed by atoms with Crippen LogP contribution in [0.1, 0.15) is 36.8 Å². The third-order valence-electron chi connectivity index (χ3n) is 4.18. The fourth-order valence-electron chi connectivity index (χ4n) is 2.67. The van der Waals surface area contributed by atoms with Gasteiger partial charge in [-0.3, -0.25) is 0 Å². The zero-order valence-corrected chi connectivity index (χ0v) is 16.3. The molecule has 0 atom stereocenters. The van der Waals surface area contributed by atoms with Crippen molar-refractivity contribution >= 4 is 17.6 Å². The SMILES string of the molecule is COc1ccc(F)cc1-n1nc(C(C)(C)C)cc1Nc1ncc(F)cc1C(=O)O. The van der Waals surface area contributed by atoms with E-state index in [1.54, 1.807) is 6.07 Å². The molecule has 0 saturated carbocycles. The van der Waals surface area contributed by atoms with E-state index in [1.165, 1.54) is 30.0 Å². The Morgan fingerprint density at radius 2 is 1.90 bits per heavy atom. The molecule has 2 aromatic heterocycles. The second kappa shape index (κ2) is 7.50. The molecule has 9 heteroatoms. The third-order valence-corrected chi connectivity index (χ3v) is 4.18. The quantitative estimate of drug-likeness (QED) is 0.662. The number of anilines is 2. The summed E-state index contributed by atoms with van der Waals surface area (Å²) in [6.45, 7) is 5.85. The molecule has 0 aliphatic heterocycles. The number of aromatic carboxylic acids is 1. The largest absolute Gasteiger partial charge is 0.494 e. The highest BCUT2D eigenvalue weighted by molar-refractivity contribution is 5.93. The average Bonchev–Trinajstić information content (AvgIpc) is 3.07. The highest BCUT2D eigenvalue weighted by atomic mass is 19.1. The second-order valence-electron chi connectivity index (χ2n) is 7.37. The zero-order chi connectivity index (χ0) is 21.3. The molecule has 2 N–H and O–H groups in total. The number of halogens is 2. The number of methoxy groups -OCH3 is 1. The van der Waals surface area contributed by atoms with E-state index in [4.69, 9.17) is 4.74 Å². The lowest BCUT2D eigenvalue weighted by Gasteiger charge is -2.15. The summed E-state index contributed by atoms with van der Waals surface area (Å²) in [4.78, 5) is 15.3. The van der Waals surface area contributed by atoms with E-state index in [-0.39, 0.29) is 16.8 Å². The molecule has 0 aliphatic carbocycles. The Kier molecular flexibility index (Phi) is 5.23. The summed E-state index contributed by atoms with van der Waals surface area (Å²) in [6, 6.07) is 6.53. The van der Waals surface area contributed by atoms with Crippen LogP contribution in [0.15, 0.2) is 36.5 Å². The predicted octanol–water partition coefficient (Wildman–Crippen LogP) is 4.29. The molecule has 3 rings (SSSR count). The highest BCUT2D eigenvalue weighted by Gasteiger charge is 2.23. The lowest BCUT2D eigenvalue weighted by molar-refractivity contribution is 0.0697. The van der Waals surface area contributed by atoms with Gasteiger partial charge in [0.05, 0.1) is 19.0 Å². The molecule has 1 aromatic carbocycles. The van der Waals surface area contributed by atoms with Crippen molar-refractivity contribution < 1.29 is 23.4 Å². The van der Waals surface area contributed by atoms with E-state index in [1.807, 2.05) is 20.8 Å². The summed E-state index contributed by atoms with van der Waals surface area (Å²) in [7, 11) is 1.45. The van der Waals surface area contributed by atoms with E-state index in [0.29, 0.717) is 22.9 Å². The van der Waals surface area contributed by atoms with Gasteiger partial charge in [-0.2, -0.15) is 5.10 Å². The number of hydrogen-bond acceptors (Lipinski definition) is 5. The minimum absolute atomic E-state index is 0.0733. The molecule has 0 saturated heterocycles. The van der Waals surface area contributed by atoms with Crippen LogP contribution >= 0.6 is 0 Å². The van der Waals surface area contributed by atoms with Gasteiger partial charge in [0.15, 0.2) is 0 Å². The number of carboxylic acids is 1. The smallest absolute Gasteiger partial charge is 0.339 e. The molecule has 29 heavy (non-hydrogen) atoms. The number of pyridine rings is 1. The Morgan fingerprint density at radius 3 is 2.52 bits per heavy atom. The summed E-state index contributed by atoms with van der Waals surface area (Å²) < 4.78 is 34.1. The Morgan fingerprint density at radius 1 is 1.17 bits per heavy atom. The molecule has 3 aromatic rings. The van der Waals surface area contributed by atoms with Gasteiger partial charge in [0.1, 0.15) is 40.3 Å². The van der Waals surface area contributed by atoms with Crippen LogP contribution in [0, 0.1) is 11.6 Å². The summed E-state index contributed by atoms with van der Waals surface area (Å²) in [5, 5.41) is 16.8. The normalized spacial score (nSPS) is 11.4. The van der Waals surface area contributed by atoms with Crippen molar-refractivity contribution in [2.45, 2.75) is 26.2 Å². The molecule has 0 spiro atoms. The van der Waals surface area contributed by atoms with E-state index in [9.17, 15) is 18.7 Å². The summed E-state index contributed by atoms with van der Waals surface area (Å²) >= 11 is 0. The summed E-state index contributed by atoms with van der Waals surface area (Å²) in [5.74, 6) is -2.00. The van der Waals surface area contributed by atoms with E-state index in [2.05, 4.69) is 15.4 Å². The maximum atomic E-state index is 13.9. The Balaban J connectivity index is 2.19. The number of ether oxygens (including phenoxy) is 1. The number of hydrogen-bond donors (Lipinski definition) is 2. The Labute approximate surface area is 166 Å². The molecule has 7 nitrogen and oxygen atoms in total. The summed E-state index contributed by atoms with van der Waals surface area (Å²) in [6.07, 6.45) is 0.906. The van der Waals surface area contributed by atoms with Crippen LogP contribution in [-0.4, -0.2) is 33.0 Å². The number of benzene rings is 1. The van der Waals surface area contributed by atoms with Crippen LogP contribution in [0.5, 0.6) is 5.75 Å². The van der Waals surface area contributed by atoms with Gasteiger partial charge in [0.2, 0.25) is 0 Å². The number of aromatic nitrogens is 3. The van der Waals surface area contributed by atoms with Crippen LogP contribution in [0.2, 0.25) is 0 Å². The van der Waals surface area contributed by atoms with Crippen LogP contribution in [-0.2, 0) is 5.41 Å². The van der Waals surface area contributed by atoms with E-state index >= 15 is 0 Å². The standard InChI is InChI=1S/C20H20F2N4O3/c1-20(2,3)16-9-17(24-18-13(19(27)28)7-12(22)10-23-18)26(25-16)14-8-11(21)5-6-15(14)29-4/h5-10H,1-4H3,(H,23,24)(H,27,28). The topological polar surface area (TPSA) is 89.3 Å². The van der Waals surface area contributed by atoms with Gasteiger partial charge in [-0.25, -0.2) is 23.2 Å². The van der Waals surface area contributed by atoms with Gasteiger partial charge in [-0.15, -0.1) is 0 Å². The molecule has 152 valence electrons. The van der Waals surface area contributed by atoms with Gasteiger partial charge in [0, 0.05) is 17.5 Å². The predicted molar refractivity (Wildman–Crippen MR) is 103 cm³/mol. The van der Waals surface area contributed by atoms with Crippen molar-refractivity contribution in [1.29, 1.82) is 0 Å². The molecule has 0 bridgehead atoms. The first-order valence-electron chi connectivity index (χ1n) is 8.70. The lowest BCUT2D eigenvalue weighted by Crippen LogP contribution is -2.13. The van der Waals surface area contributed by atoms with Crippen molar-refractivity contribution in [3.05, 3.63) is 59.4 Å². The monoisotopic (exact) mass is 402 g/mol. The van der Waals surface area contributed by atoms with Crippen LogP contribution in [0.4, 0.5) is 20.4 Å². The Bertz CT molecular complexity index is 1070. The minimum Gasteiger partial charge on any atom is -0.494 e. The number of rotatable bonds is 5. The zero-order valence-electron chi connectivity index (χ0n) is 16.3. The number of carbonyl (C=O) groups is 1. The van der Waals surface area contributed by atoms with E-state index in [0.717, 1.165) is 12.3 Å². The fourth-order valence-corrected chi connectivity index (χ4v) is 2.67. The minimum atomic E-state index is -1.34. The Hall–Kier alpha value is -3.49. The highest BCUT2D eigenvalue weighted by Crippen LogP contribution is 2.32. The molecule has 0 aliphatic rings. The van der Waals surface area contributed by atoms with Crippen molar-refractivity contribution in [3.8, 4) is 11.4 Å². The maximum Gasteiger partial charge on any atom is 0.339 e. The van der Waals surface area contributed by atoms with Crippen molar-refractivity contribution in [2.75, 3.05) is 12.4 Å². The molecule has 0 fully saturated rings. The van der Waals surface area contributed by atoms with Crippen molar-refractivity contribution in [1.82, 2.24) is 14.8 Å². The summed E-state index contributed by atoms with van der Waals surface area (Å²) in [5.41, 5.74) is 0.268. The first-order chi connectivity index (χ1) is 13.6. The fraction of sp³-hybridized carbons (Fsp3) is 0.250. The van der Waals surface area contributed by atoms with Crippen LogP contribution in [0.3, 0.4) is 0 Å². The molecule has 0 unspecified atom stereocenters. The molecule has 0 radical (unpaired) electrons. The second-order valence-corrected chi connectivity index (χ2v) is 7.37. The molecular weight excluding hydrogens is 382 g/mol. The lowest BCUT2D eigenvalue weighted by atomic mass is 9.92. The number of nitrogens with zero attached hydrogens (tertiary/aromatic N) is 3. The molecule has 0 amide bonds. The van der Waals surface area contributed by atoms with Crippen LogP contribution < -0.4 is 10.1 Å². The maximum absolute atomic E-state index is 13.9. The first-order valence-corrected chi connectivity index (χ1v) is 8.70. The first kappa shape index (κ1) is 20.2. The number of carboxylic acid groups (broad SMARTS) is 1. The van der Waals surface area contributed by atoms with E-state index < -0.39 is 17.6 Å². The average molecular weight is 402 g/mol.